The molecule has 0 spiro atoms. The maximum atomic E-state index is 12.6. The van der Waals surface area contributed by atoms with Crippen LogP contribution in [-0.2, 0) is 4.74 Å². The molecule has 5 nitrogen and oxygen atoms in total. The SMILES string of the molecule is CCCCCCCOc1ccc(C(=O)Oc2ccc(-c3ccc(C(=O)OCC(C)CC)cc3)cc2)cc1. The van der Waals surface area contributed by atoms with Crippen LogP contribution in [0, 0.1) is 5.92 Å². The number of rotatable bonds is 14. The normalized spacial score (nSPS) is 11.5. The van der Waals surface area contributed by atoms with E-state index in [0.29, 0.717) is 36.0 Å². The molecule has 196 valence electrons. The number of esters is 2. The average Bonchev–Trinajstić information content (AvgIpc) is 2.94. The molecular formula is C32H38O5. The molecule has 0 fully saturated rings. The largest absolute Gasteiger partial charge is 0.494 e. The lowest BCUT2D eigenvalue weighted by Crippen LogP contribution is -2.11. The van der Waals surface area contributed by atoms with Gasteiger partial charge in [-0.1, -0.05) is 77.1 Å². The van der Waals surface area contributed by atoms with Crippen LogP contribution >= 0.6 is 0 Å². The summed E-state index contributed by atoms with van der Waals surface area (Å²) >= 11 is 0. The summed E-state index contributed by atoms with van der Waals surface area (Å²) in [5.74, 6) is 0.840. The molecule has 0 N–H and O–H groups in total. The number of unbranched alkanes of at least 4 members (excludes halogenated alkanes) is 4. The lowest BCUT2D eigenvalue weighted by molar-refractivity contribution is 0.0447. The second kappa shape index (κ2) is 14.8. The Morgan fingerprint density at radius 2 is 1.22 bits per heavy atom. The standard InChI is InChI=1S/C32H38O5/c1-4-6-7-8-9-22-35-29-18-16-28(17-19-29)32(34)37-30-20-14-26(15-21-30)25-10-12-27(13-11-25)31(33)36-23-24(3)5-2/h10-21,24H,4-9,22-23H2,1-3H3. The van der Waals surface area contributed by atoms with E-state index in [0.717, 1.165) is 29.7 Å². The first-order chi connectivity index (χ1) is 18.0. The minimum absolute atomic E-state index is 0.309. The monoisotopic (exact) mass is 502 g/mol. The molecule has 3 aromatic rings. The first-order valence-electron chi connectivity index (χ1n) is 13.3. The van der Waals surface area contributed by atoms with E-state index < -0.39 is 5.97 Å². The summed E-state index contributed by atoms with van der Waals surface area (Å²) in [6, 6.07) is 21.6. The summed E-state index contributed by atoms with van der Waals surface area (Å²) in [5.41, 5.74) is 2.91. The molecule has 3 aromatic carbocycles. The third-order valence-electron chi connectivity index (χ3n) is 6.32. The van der Waals surface area contributed by atoms with Gasteiger partial charge in [0.1, 0.15) is 11.5 Å². The molecular weight excluding hydrogens is 464 g/mol. The van der Waals surface area contributed by atoms with Crippen LogP contribution in [-0.4, -0.2) is 25.2 Å². The third-order valence-corrected chi connectivity index (χ3v) is 6.32. The molecule has 1 atom stereocenters. The number of carbonyl (C=O) groups excluding carboxylic acids is 2. The van der Waals surface area contributed by atoms with E-state index in [2.05, 4.69) is 20.8 Å². The van der Waals surface area contributed by atoms with Crippen LogP contribution in [0.1, 0.15) is 80.0 Å². The van der Waals surface area contributed by atoms with Crippen molar-refractivity contribution in [3.8, 4) is 22.6 Å². The van der Waals surface area contributed by atoms with Crippen molar-refractivity contribution in [1.29, 1.82) is 0 Å². The van der Waals surface area contributed by atoms with Crippen LogP contribution in [0.2, 0.25) is 0 Å². The minimum atomic E-state index is -0.417. The van der Waals surface area contributed by atoms with E-state index in [9.17, 15) is 9.59 Å². The van der Waals surface area contributed by atoms with Gasteiger partial charge in [0.15, 0.2) is 0 Å². The van der Waals surface area contributed by atoms with Gasteiger partial charge in [0, 0.05) is 0 Å². The number of benzene rings is 3. The molecule has 0 aliphatic heterocycles. The van der Waals surface area contributed by atoms with Crippen molar-refractivity contribution in [2.75, 3.05) is 13.2 Å². The minimum Gasteiger partial charge on any atom is -0.494 e. The summed E-state index contributed by atoms with van der Waals surface area (Å²) in [6.07, 6.45) is 6.92. The van der Waals surface area contributed by atoms with Gasteiger partial charge in [-0.3, -0.25) is 0 Å². The Bertz CT molecular complexity index is 1100. The van der Waals surface area contributed by atoms with Gasteiger partial charge in [-0.15, -0.1) is 0 Å². The summed E-state index contributed by atoms with van der Waals surface area (Å²) < 4.78 is 16.7. The fourth-order valence-corrected chi connectivity index (χ4v) is 3.68. The zero-order chi connectivity index (χ0) is 26.5. The lowest BCUT2D eigenvalue weighted by atomic mass is 10.0. The van der Waals surface area contributed by atoms with Crippen molar-refractivity contribution in [1.82, 2.24) is 0 Å². The quantitative estimate of drug-likeness (QED) is 0.126. The van der Waals surface area contributed by atoms with Gasteiger partial charge in [-0.25, -0.2) is 9.59 Å². The molecule has 37 heavy (non-hydrogen) atoms. The predicted octanol–water partition coefficient (Wildman–Crippen LogP) is 8.12. The lowest BCUT2D eigenvalue weighted by Gasteiger charge is -2.10. The van der Waals surface area contributed by atoms with E-state index in [1.165, 1.54) is 25.7 Å². The average molecular weight is 503 g/mol. The molecule has 0 bridgehead atoms. The maximum Gasteiger partial charge on any atom is 0.343 e. The van der Waals surface area contributed by atoms with E-state index in [-0.39, 0.29) is 5.97 Å². The van der Waals surface area contributed by atoms with Crippen molar-refractivity contribution in [3.63, 3.8) is 0 Å². The molecule has 0 heterocycles. The summed E-state index contributed by atoms with van der Waals surface area (Å²) in [5, 5.41) is 0. The zero-order valence-corrected chi connectivity index (χ0v) is 22.2. The molecule has 0 saturated carbocycles. The second-order valence-electron chi connectivity index (χ2n) is 9.39. The molecule has 5 heteroatoms. The highest BCUT2D eigenvalue weighted by Gasteiger charge is 2.11. The highest BCUT2D eigenvalue weighted by molar-refractivity contribution is 5.91. The van der Waals surface area contributed by atoms with E-state index in [1.807, 2.05) is 24.3 Å². The Morgan fingerprint density at radius 3 is 1.84 bits per heavy atom. The Morgan fingerprint density at radius 1 is 0.676 bits per heavy atom. The van der Waals surface area contributed by atoms with Crippen LogP contribution in [0.3, 0.4) is 0 Å². The second-order valence-corrected chi connectivity index (χ2v) is 9.39. The number of ether oxygens (including phenoxy) is 3. The summed E-state index contributed by atoms with van der Waals surface area (Å²) in [7, 11) is 0. The maximum absolute atomic E-state index is 12.6. The molecule has 0 aliphatic carbocycles. The number of hydrogen-bond donors (Lipinski definition) is 0. The van der Waals surface area contributed by atoms with Gasteiger partial charge in [-0.2, -0.15) is 0 Å². The topological polar surface area (TPSA) is 61.8 Å². The number of hydrogen-bond acceptors (Lipinski definition) is 5. The van der Waals surface area contributed by atoms with Gasteiger partial charge in [0.05, 0.1) is 24.3 Å². The first-order valence-corrected chi connectivity index (χ1v) is 13.3. The Balaban J connectivity index is 1.49. The molecule has 0 aromatic heterocycles. The number of carbonyl (C=O) groups is 2. The fraction of sp³-hybridized carbons (Fsp3) is 0.375. The van der Waals surface area contributed by atoms with Gasteiger partial charge < -0.3 is 14.2 Å². The van der Waals surface area contributed by atoms with Crippen LogP contribution in [0.4, 0.5) is 0 Å². The highest BCUT2D eigenvalue weighted by atomic mass is 16.5. The van der Waals surface area contributed by atoms with Gasteiger partial charge >= 0.3 is 11.9 Å². The van der Waals surface area contributed by atoms with Gasteiger partial charge in [0.2, 0.25) is 0 Å². The van der Waals surface area contributed by atoms with Crippen molar-refractivity contribution in [2.45, 2.75) is 59.3 Å². The summed E-state index contributed by atoms with van der Waals surface area (Å²) in [6.45, 7) is 7.44. The fourth-order valence-electron chi connectivity index (χ4n) is 3.68. The van der Waals surface area contributed by atoms with E-state index in [4.69, 9.17) is 14.2 Å². The molecule has 0 radical (unpaired) electrons. The molecule has 1 unspecified atom stereocenters. The predicted molar refractivity (Wildman–Crippen MR) is 147 cm³/mol. The van der Waals surface area contributed by atoms with Crippen molar-refractivity contribution in [2.24, 2.45) is 5.92 Å². The highest BCUT2D eigenvalue weighted by Crippen LogP contribution is 2.24. The molecule has 0 amide bonds. The molecule has 0 aliphatic rings. The van der Waals surface area contributed by atoms with Crippen LogP contribution < -0.4 is 9.47 Å². The zero-order valence-electron chi connectivity index (χ0n) is 22.2. The first kappa shape index (κ1) is 28.0. The molecule has 0 saturated heterocycles. The van der Waals surface area contributed by atoms with Crippen LogP contribution in [0.25, 0.3) is 11.1 Å². The smallest absolute Gasteiger partial charge is 0.343 e. The summed E-state index contributed by atoms with van der Waals surface area (Å²) in [4.78, 5) is 24.8. The van der Waals surface area contributed by atoms with Crippen molar-refractivity contribution < 1.29 is 23.8 Å². The van der Waals surface area contributed by atoms with Gasteiger partial charge in [-0.05, 0) is 72.0 Å². The Hall–Kier alpha value is -3.60. The van der Waals surface area contributed by atoms with Crippen LogP contribution in [0.15, 0.2) is 72.8 Å². The van der Waals surface area contributed by atoms with Crippen LogP contribution in [0.5, 0.6) is 11.5 Å². The Labute approximate surface area is 220 Å². The Kier molecular flexibility index (Phi) is 11.2. The van der Waals surface area contributed by atoms with Crippen molar-refractivity contribution in [3.05, 3.63) is 83.9 Å². The third kappa shape index (κ3) is 9.09. The van der Waals surface area contributed by atoms with E-state index in [1.54, 1.807) is 48.5 Å². The molecule has 3 rings (SSSR count). The van der Waals surface area contributed by atoms with Gasteiger partial charge in [0.25, 0.3) is 0 Å². The van der Waals surface area contributed by atoms with Crippen molar-refractivity contribution >= 4 is 11.9 Å². The van der Waals surface area contributed by atoms with E-state index >= 15 is 0 Å².